The number of benzene rings is 20. The molecule has 16 heteroatoms. The predicted molar refractivity (Wildman–Crippen MR) is 670 cm³/mol. The van der Waals surface area contributed by atoms with Gasteiger partial charge < -0.3 is 13.3 Å². The van der Waals surface area contributed by atoms with Gasteiger partial charge in [0.1, 0.15) is 33.5 Å². The third-order valence-corrected chi connectivity index (χ3v) is 42.7. The van der Waals surface area contributed by atoms with Crippen LogP contribution in [0.15, 0.2) is 389 Å². The molecule has 20 aromatic carbocycles. The number of para-hydroxylation sites is 3. The van der Waals surface area contributed by atoms with Crippen molar-refractivity contribution in [3.63, 3.8) is 0 Å². The number of rotatable bonds is 7. The van der Waals surface area contributed by atoms with Crippen LogP contribution in [0.25, 0.3) is 204 Å². The van der Waals surface area contributed by atoms with Crippen LogP contribution in [0.3, 0.4) is 0 Å². The molecule has 0 bridgehead atoms. The molecule has 732 valence electrons. The zero-order valence-corrected chi connectivity index (χ0v) is 99.2. The first-order valence-corrected chi connectivity index (χ1v) is 60.4. The summed E-state index contributed by atoms with van der Waals surface area (Å²) in [7, 11) is 0. The molecule has 6 heterocycles. The van der Waals surface area contributed by atoms with E-state index < -0.39 is 5.41 Å². The lowest BCUT2D eigenvalue weighted by Crippen LogP contribution is -2.37. The highest BCUT2D eigenvalue weighted by molar-refractivity contribution is 9.11. The van der Waals surface area contributed by atoms with E-state index in [2.05, 4.69) is 486 Å². The van der Waals surface area contributed by atoms with Gasteiger partial charge in [0, 0.05) is 178 Å². The van der Waals surface area contributed by atoms with Gasteiger partial charge in [0.15, 0.2) is 0 Å². The van der Waals surface area contributed by atoms with Crippen LogP contribution < -0.4 is 0 Å². The van der Waals surface area contributed by atoms with Crippen LogP contribution in [0, 0.1) is 11.8 Å². The molecule has 5 aliphatic rings. The van der Waals surface area contributed by atoms with E-state index in [1.54, 1.807) is 0 Å². The standard InChI is InChI=1S/C35H20Br2O.C28H18Br2O2.C25H22Br2S.C23H18Br2S.C23H12Cl2S/c36-28-19-26-31(24-16-8-7-15-23(24)28)33-27(20-29(37)32-25-17-9-10-18-30(25)38-34(32)33)35(26,21-11-3-1-4-12-21)22-13-5-2-6-14-22;1-3-28(2)16-12-18(29)22-14-8-4-6-10-20(14)31-26(22)24(16)25-17(28)13-19(30)23-15-9-5-7-11-21(15)32-27(23)25;1-13(2)25(14(3)4)18-11-15(26)9-10-16(18)22-19(25)12-20(27)23-17-7-5-6-8-21(17)28-24(22)23;1-3-23(4-2)16-11-13(24)9-10-14(16)20-17(23)12-18(25)22-21(20)15-7-5-6-8-19(15)26-22;24-17-10-12-9-13-11-18(25)22-16-7-3-4-8-19(16)26-23(22)21(13)20(12)15-6-2-1-5-14(15)17/h1-20H;4-13H,3H2,1-2H3;5-14H,1-4H3;5-12H,3-4H2,1-2H3;1-8,10-11H,9H2. The highest BCUT2D eigenvalue weighted by atomic mass is 79.9. The molecule has 26 aromatic rings. The molecule has 0 saturated heterocycles. The normalized spacial score (nSPS) is 14.2. The molecule has 0 fully saturated rings. The van der Waals surface area contributed by atoms with E-state index in [1.807, 2.05) is 70.4 Å². The fourth-order valence-electron chi connectivity index (χ4n) is 26.9. The molecule has 3 nitrogen and oxygen atoms in total. The topological polar surface area (TPSA) is 39.4 Å². The van der Waals surface area contributed by atoms with Crippen LogP contribution in [0.1, 0.15) is 141 Å². The molecule has 6 aromatic heterocycles. The average Bonchev–Trinajstić information content (AvgIpc) is 1.52. The molecule has 0 atom stereocenters. The maximum atomic E-state index is 6.74. The van der Waals surface area contributed by atoms with Gasteiger partial charge >= 0.3 is 0 Å². The van der Waals surface area contributed by atoms with E-state index in [-0.39, 0.29) is 16.2 Å². The second-order valence-electron chi connectivity index (χ2n) is 41.1. The zero-order chi connectivity index (χ0) is 102. The molecule has 0 N–H and O–H groups in total. The molecule has 0 unspecified atom stereocenters. The first-order valence-electron chi connectivity index (χ1n) is 50.9. The Hall–Kier alpha value is -10.6. The number of halogens is 10. The van der Waals surface area contributed by atoms with Gasteiger partial charge in [-0.2, -0.15) is 0 Å². The predicted octanol–water partition coefficient (Wildman–Crippen LogP) is 46.2. The third kappa shape index (κ3) is 14.2. The highest BCUT2D eigenvalue weighted by Gasteiger charge is 2.53. The quantitative estimate of drug-likeness (QED) is 0.160. The van der Waals surface area contributed by atoms with Crippen molar-refractivity contribution in [2.24, 2.45) is 11.8 Å². The largest absolute Gasteiger partial charge is 0.455 e. The Morgan fingerprint density at radius 1 is 0.280 bits per heavy atom. The minimum Gasteiger partial charge on any atom is -0.455 e. The summed E-state index contributed by atoms with van der Waals surface area (Å²) >= 11 is 50.0. The zero-order valence-electron chi connectivity index (χ0n) is 82.5. The van der Waals surface area contributed by atoms with Crippen LogP contribution in [0.2, 0.25) is 10.0 Å². The Morgan fingerprint density at radius 2 is 0.653 bits per heavy atom. The van der Waals surface area contributed by atoms with Gasteiger partial charge in [-0.15, -0.1) is 34.0 Å². The number of thiophene rings is 3. The lowest BCUT2D eigenvalue weighted by Gasteiger charge is -2.40. The van der Waals surface area contributed by atoms with Crippen molar-refractivity contribution in [1.82, 2.24) is 0 Å². The number of furan rings is 3. The Labute approximate surface area is 957 Å². The summed E-state index contributed by atoms with van der Waals surface area (Å²) in [4.78, 5) is 0. The third-order valence-electron chi connectivity index (χ3n) is 33.5. The number of hydrogen-bond donors (Lipinski definition) is 0. The molecule has 150 heavy (non-hydrogen) atoms. The summed E-state index contributed by atoms with van der Waals surface area (Å²) in [6.45, 7) is 18.8. The second kappa shape index (κ2) is 37.1. The summed E-state index contributed by atoms with van der Waals surface area (Å²) in [6, 6.07) is 122. The van der Waals surface area contributed by atoms with E-state index in [9.17, 15) is 0 Å². The summed E-state index contributed by atoms with van der Waals surface area (Å²) < 4.78 is 36.9. The van der Waals surface area contributed by atoms with Crippen LogP contribution >= 0.6 is 185 Å². The van der Waals surface area contributed by atoms with Gasteiger partial charge in [0.25, 0.3) is 0 Å². The molecule has 0 saturated carbocycles. The van der Waals surface area contributed by atoms with E-state index in [4.69, 9.17) is 36.5 Å². The molecule has 31 rings (SSSR count). The molecule has 0 radical (unpaired) electrons. The van der Waals surface area contributed by atoms with Gasteiger partial charge in [0.05, 0.1) is 15.1 Å². The number of hydrogen-bond acceptors (Lipinski definition) is 6. The van der Waals surface area contributed by atoms with Crippen molar-refractivity contribution in [3.05, 3.63) is 452 Å². The lowest BCUT2D eigenvalue weighted by molar-refractivity contribution is 0.280. The van der Waals surface area contributed by atoms with Gasteiger partial charge in [-0.05, 0) is 273 Å². The SMILES string of the molecule is Brc1cc2c(c3ccccc13)-c1c(cc(Br)c3c1oc1ccccc13)C2(c1ccccc1)c1ccccc1.CC(C)C1(C(C)C)c2cc(Br)ccc2-c2c1cc(Br)c1c2sc2ccccc21.CCC1(C)c2cc(Br)c3c(oc4ccccc43)c2-c2c1cc(Br)c1c2oc2ccccc21.CCC1(CC)c2cc(Br)ccc2-c2c1cc(Br)c1sc3ccccc3c21.Clc1cc2c(c3ccccc13)-c1c(cc(Cl)c3c1sc1ccccc13)C2. The summed E-state index contributed by atoms with van der Waals surface area (Å²) in [5.41, 5.74) is 34.1. The molecule has 0 aliphatic heterocycles. The molecular formula is C134H90Br8Cl2O3S3. The van der Waals surface area contributed by atoms with Crippen LogP contribution in [-0.2, 0) is 28.1 Å². The molecule has 5 aliphatic carbocycles. The number of fused-ring (bicyclic) bond motifs is 43. The van der Waals surface area contributed by atoms with Crippen molar-refractivity contribution in [1.29, 1.82) is 0 Å². The minimum atomic E-state index is -0.518. The van der Waals surface area contributed by atoms with Crippen LogP contribution in [-0.4, -0.2) is 0 Å². The maximum absolute atomic E-state index is 6.74. The van der Waals surface area contributed by atoms with Gasteiger partial charge in [0.2, 0.25) is 0 Å². The smallest absolute Gasteiger partial charge is 0.144 e. The second-order valence-corrected chi connectivity index (χ2v) is 52.0. The Bertz CT molecular complexity index is 10100. The van der Waals surface area contributed by atoms with Crippen molar-refractivity contribution >= 4 is 333 Å². The van der Waals surface area contributed by atoms with Crippen molar-refractivity contribution in [3.8, 4) is 55.6 Å². The van der Waals surface area contributed by atoms with Crippen LogP contribution in [0.5, 0.6) is 0 Å². The summed E-state index contributed by atoms with van der Waals surface area (Å²) in [6.07, 6.45) is 4.09. The highest BCUT2D eigenvalue weighted by Crippen LogP contribution is 2.67. The lowest BCUT2D eigenvalue weighted by atomic mass is 9.63. The molecule has 0 spiro atoms. The van der Waals surface area contributed by atoms with E-state index >= 15 is 0 Å². The monoisotopic (exact) mass is 2540 g/mol. The average molecular weight is 2550 g/mol. The summed E-state index contributed by atoms with van der Waals surface area (Å²) in [5, 5.41) is 21.1. The minimum absolute atomic E-state index is 0.0152. The summed E-state index contributed by atoms with van der Waals surface area (Å²) in [5.74, 6) is 1.00. The molecular weight excluding hydrogens is 2460 g/mol. The van der Waals surface area contributed by atoms with Crippen LogP contribution in [0.4, 0.5) is 0 Å². The fourth-order valence-corrected chi connectivity index (χ4v) is 35.9. The van der Waals surface area contributed by atoms with Crippen molar-refractivity contribution in [2.45, 2.75) is 103 Å². The Morgan fingerprint density at radius 3 is 1.16 bits per heavy atom. The Kier molecular flexibility index (Phi) is 24.1. The maximum Gasteiger partial charge on any atom is 0.144 e. The first-order chi connectivity index (χ1) is 72.9. The van der Waals surface area contributed by atoms with Gasteiger partial charge in [-0.3, -0.25) is 0 Å². The van der Waals surface area contributed by atoms with E-state index in [0.717, 1.165) is 140 Å². The molecule has 0 amide bonds. The first kappa shape index (κ1) is 97.6. The van der Waals surface area contributed by atoms with E-state index in [0.29, 0.717) is 11.8 Å². The van der Waals surface area contributed by atoms with Crippen molar-refractivity contribution < 1.29 is 13.3 Å². The van der Waals surface area contributed by atoms with Gasteiger partial charge in [-0.25, -0.2) is 0 Å². The van der Waals surface area contributed by atoms with Crippen molar-refractivity contribution in [2.75, 3.05) is 0 Å². The fraction of sp³-hybridized carbons (Fsp3) is 0.134. The Balaban J connectivity index is 0.0000000929. The van der Waals surface area contributed by atoms with Gasteiger partial charge in [-0.1, -0.05) is 421 Å². The van der Waals surface area contributed by atoms with E-state index in [1.165, 1.54) is 201 Å².